The third-order valence-electron chi connectivity index (χ3n) is 3.83. The molecule has 1 heterocycles. The van der Waals surface area contributed by atoms with Gasteiger partial charge in [0.15, 0.2) is 5.17 Å². The predicted molar refractivity (Wildman–Crippen MR) is 98.5 cm³/mol. The van der Waals surface area contributed by atoms with E-state index in [-0.39, 0.29) is 5.91 Å². The van der Waals surface area contributed by atoms with E-state index >= 15 is 0 Å². The number of amides is 1. The second kappa shape index (κ2) is 8.02. The predicted octanol–water partition coefficient (Wildman–Crippen LogP) is 3.37. The SMILES string of the molecule is COc1ccc(CC(=O)N2CCN=C2SCc2ccccc2)cc1. The number of rotatable bonds is 5. The lowest BCUT2D eigenvalue weighted by atomic mass is 10.1. The van der Waals surface area contributed by atoms with Gasteiger partial charge in [0.05, 0.1) is 20.1 Å². The van der Waals surface area contributed by atoms with Crippen LogP contribution in [-0.2, 0) is 17.0 Å². The van der Waals surface area contributed by atoms with Crippen LogP contribution in [0.1, 0.15) is 11.1 Å². The van der Waals surface area contributed by atoms with E-state index in [4.69, 9.17) is 4.74 Å². The summed E-state index contributed by atoms with van der Waals surface area (Å²) in [4.78, 5) is 18.9. The highest BCUT2D eigenvalue weighted by Gasteiger charge is 2.24. The molecule has 0 saturated carbocycles. The number of hydrogen-bond acceptors (Lipinski definition) is 4. The summed E-state index contributed by atoms with van der Waals surface area (Å²) >= 11 is 1.63. The molecule has 1 aliphatic heterocycles. The summed E-state index contributed by atoms with van der Waals surface area (Å²) in [5.41, 5.74) is 2.22. The molecule has 0 N–H and O–H groups in total. The van der Waals surface area contributed by atoms with E-state index < -0.39 is 0 Å². The molecule has 0 radical (unpaired) electrons. The Morgan fingerprint density at radius 3 is 2.58 bits per heavy atom. The molecule has 1 amide bonds. The van der Waals surface area contributed by atoms with Crippen LogP contribution in [0.3, 0.4) is 0 Å². The van der Waals surface area contributed by atoms with Crippen LogP contribution >= 0.6 is 11.8 Å². The van der Waals surface area contributed by atoms with Gasteiger partial charge in [-0.15, -0.1) is 0 Å². The largest absolute Gasteiger partial charge is 0.497 e. The van der Waals surface area contributed by atoms with Gasteiger partial charge in [-0.3, -0.25) is 14.7 Å². The number of benzene rings is 2. The van der Waals surface area contributed by atoms with Gasteiger partial charge in [0, 0.05) is 12.3 Å². The van der Waals surface area contributed by atoms with Crippen LogP contribution in [0.4, 0.5) is 0 Å². The number of hydrogen-bond donors (Lipinski definition) is 0. The second-order valence-corrected chi connectivity index (χ2v) is 6.45. The van der Waals surface area contributed by atoms with Gasteiger partial charge >= 0.3 is 0 Å². The van der Waals surface area contributed by atoms with Crippen molar-refractivity contribution < 1.29 is 9.53 Å². The molecule has 0 atom stereocenters. The number of ether oxygens (including phenoxy) is 1. The summed E-state index contributed by atoms with van der Waals surface area (Å²) in [6.45, 7) is 1.36. The smallest absolute Gasteiger partial charge is 0.233 e. The maximum absolute atomic E-state index is 12.6. The third kappa shape index (κ3) is 4.17. The van der Waals surface area contributed by atoms with E-state index in [1.165, 1.54) is 5.56 Å². The van der Waals surface area contributed by atoms with Gasteiger partial charge in [-0.05, 0) is 23.3 Å². The van der Waals surface area contributed by atoms with Crippen molar-refractivity contribution in [1.82, 2.24) is 4.90 Å². The fraction of sp³-hybridized carbons (Fsp3) is 0.263. The molecule has 0 saturated heterocycles. The maximum Gasteiger partial charge on any atom is 0.233 e. The summed E-state index contributed by atoms with van der Waals surface area (Å²) in [7, 11) is 1.64. The van der Waals surface area contributed by atoms with E-state index in [1.54, 1.807) is 23.8 Å². The van der Waals surface area contributed by atoms with Gasteiger partial charge in [0.2, 0.25) is 5.91 Å². The molecule has 0 spiro atoms. The number of carbonyl (C=O) groups is 1. The van der Waals surface area contributed by atoms with Crippen molar-refractivity contribution in [2.75, 3.05) is 20.2 Å². The van der Waals surface area contributed by atoms with E-state index in [1.807, 2.05) is 42.5 Å². The van der Waals surface area contributed by atoms with Crippen molar-refractivity contribution in [2.24, 2.45) is 4.99 Å². The Bertz CT molecular complexity index is 714. The number of methoxy groups -OCH3 is 1. The molecular formula is C19H20N2O2S. The molecule has 1 aliphatic rings. The Hall–Kier alpha value is -2.27. The van der Waals surface area contributed by atoms with Crippen LogP contribution in [0.2, 0.25) is 0 Å². The second-order valence-electron chi connectivity index (χ2n) is 5.51. The lowest BCUT2D eigenvalue weighted by Crippen LogP contribution is -2.34. The van der Waals surface area contributed by atoms with E-state index in [0.717, 1.165) is 22.2 Å². The van der Waals surface area contributed by atoms with Gasteiger partial charge in [-0.2, -0.15) is 0 Å². The molecule has 3 rings (SSSR count). The number of carbonyl (C=O) groups excluding carboxylic acids is 1. The van der Waals surface area contributed by atoms with Gasteiger partial charge in [0.1, 0.15) is 5.75 Å². The monoisotopic (exact) mass is 340 g/mol. The zero-order chi connectivity index (χ0) is 16.8. The Balaban J connectivity index is 1.58. The molecule has 0 aromatic heterocycles. The average molecular weight is 340 g/mol. The van der Waals surface area contributed by atoms with E-state index in [2.05, 4.69) is 17.1 Å². The number of nitrogens with zero attached hydrogens (tertiary/aromatic N) is 2. The standard InChI is InChI=1S/C19H20N2O2S/c1-23-17-9-7-15(8-10-17)13-18(22)21-12-11-20-19(21)24-14-16-5-3-2-4-6-16/h2-10H,11-14H2,1H3. The molecule has 2 aromatic rings. The van der Waals surface area contributed by atoms with Crippen LogP contribution in [0.5, 0.6) is 5.75 Å². The van der Waals surface area contributed by atoms with Crippen LogP contribution in [0, 0.1) is 0 Å². The van der Waals surface area contributed by atoms with Crippen molar-refractivity contribution in [3.8, 4) is 5.75 Å². The number of amidine groups is 1. The highest BCUT2D eigenvalue weighted by atomic mass is 32.2. The van der Waals surface area contributed by atoms with Crippen LogP contribution in [0.25, 0.3) is 0 Å². The topological polar surface area (TPSA) is 41.9 Å². The lowest BCUT2D eigenvalue weighted by molar-refractivity contribution is -0.126. The van der Waals surface area contributed by atoms with Crippen LogP contribution in [-0.4, -0.2) is 36.2 Å². The third-order valence-corrected chi connectivity index (χ3v) is 4.91. The first-order chi connectivity index (χ1) is 11.8. The van der Waals surface area contributed by atoms with E-state index in [0.29, 0.717) is 19.5 Å². The van der Waals surface area contributed by atoms with Gasteiger partial charge < -0.3 is 4.74 Å². The fourth-order valence-electron chi connectivity index (χ4n) is 2.52. The molecule has 2 aromatic carbocycles. The highest BCUT2D eigenvalue weighted by molar-refractivity contribution is 8.13. The van der Waals surface area contributed by atoms with Crippen LogP contribution in [0.15, 0.2) is 59.6 Å². The van der Waals surface area contributed by atoms with Gasteiger partial charge in [-0.25, -0.2) is 0 Å². The van der Waals surface area contributed by atoms with Crippen molar-refractivity contribution in [3.05, 3.63) is 65.7 Å². The molecule has 4 nitrogen and oxygen atoms in total. The molecule has 0 fully saturated rings. The molecule has 124 valence electrons. The first-order valence-corrected chi connectivity index (χ1v) is 8.89. The summed E-state index contributed by atoms with van der Waals surface area (Å²) < 4.78 is 5.15. The van der Waals surface area contributed by atoms with Crippen LogP contribution < -0.4 is 4.74 Å². The fourth-order valence-corrected chi connectivity index (χ4v) is 3.54. The number of thioether (sulfide) groups is 1. The quantitative estimate of drug-likeness (QED) is 0.838. The zero-order valence-corrected chi connectivity index (χ0v) is 14.5. The normalized spacial score (nSPS) is 13.7. The van der Waals surface area contributed by atoms with Crippen molar-refractivity contribution in [2.45, 2.75) is 12.2 Å². The molecule has 5 heteroatoms. The molecule has 24 heavy (non-hydrogen) atoms. The summed E-state index contributed by atoms with van der Waals surface area (Å²) in [5.74, 6) is 1.72. The Morgan fingerprint density at radius 2 is 1.88 bits per heavy atom. The average Bonchev–Trinajstić information content (AvgIpc) is 3.10. The Morgan fingerprint density at radius 1 is 1.12 bits per heavy atom. The van der Waals surface area contributed by atoms with Crippen molar-refractivity contribution >= 4 is 22.8 Å². The minimum atomic E-state index is 0.0944. The number of aliphatic imine (C=N–C) groups is 1. The van der Waals surface area contributed by atoms with E-state index in [9.17, 15) is 4.79 Å². The molecule has 0 unspecified atom stereocenters. The first-order valence-electron chi connectivity index (χ1n) is 7.91. The summed E-state index contributed by atoms with van der Waals surface area (Å²) in [5, 5.41) is 0.831. The Labute approximate surface area is 146 Å². The molecular weight excluding hydrogens is 320 g/mol. The summed E-state index contributed by atoms with van der Waals surface area (Å²) in [6, 6.07) is 17.9. The molecule has 0 aliphatic carbocycles. The first kappa shape index (κ1) is 16.6. The Kier molecular flexibility index (Phi) is 5.54. The molecule has 0 bridgehead atoms. The maximum atomic E-state index is 12.6. The van der Waals surface area contributed by atoms with Crippen molar-refractivity contribution in [1.29, 1.82) is 0 Å². The van der Waals surface area contributed by atoms with Crippen molar-refractivity contribution in [3.63, 3.8) is 0 Å². The minimum absolute atomic E-state index is 0.0944. The van der Waals surface area contributed by atoms with Gasteiger partial charge in [0.25, 0.3) is 0 Å². The highest BCUT2D eigenvalue weighted by Crippen LogP contribution is 2.21. The lowest BCUT2D eigenvalue weighted by Gasteiger charge is -2.18. The minimum Gasteiger partial charge on any atom is -0.497 e. The summed E-state index contributed by atoms with van der Waals surface area (Å²) in [6.07, 6.45) is 0.384. The zero-order valence-electron chi connectivity index (χ0n) is 13.6. The van der Waals surface area contributed by atoms with Gasteiger partial charge in [-0.1, -0.05) is 54.2 Å².